The Morgan fingerprint density at radius 3 is 2.52 bits per heavy atom. The quantitative estimate of drug-likeness (QED) is 0.802. The van der Waals surface area contributed by atoms with Gasteiger partial charge >= 0.3 is 6.09 Å². The highest BCUT2D eigenvalue weighted by molar-refractivity contribution is 5.68. The lowest BCUT2D eigenvalue weighted by atomic mass is 10.1. The van der Waals surface area contributed by atoms with Crippen molar-refractivity contribution < 1.29 is 18.3 Å². The summed E-state index contributed by atoms with van der Waals surface area (Å²) in [6.45, 7) is 6.62. The first-order valence-corrected chi connectivity index (χ1v) is 8.91. The zero-order chi connectivity index (χ0) is 19.8. The number of amides is 1. The van der Waals surface area contributed by atoms with Gasteiger partial charge in [0.15, 0.2) is 11.6 Å². The van der Waals surface area contributed by atoms with Gasteiger partial charge in [0.05, 0.1) is 17.9 Å². The third kappa shape index (κ3) is 4.20. The van der Waals surface area contributed by atoms with Crippen LogP contribution in [-0.4, -0.2) is 39.5 Å². The molecule has 1 saturated heterocycles. The lowest BCUT2D eigenvalue weighted by molar-refractivity contribution is 0.0185. The van der Waals surface area contributed by atoms with Gasteiger partial charge in [-0.25, -0.2) is 13.6 Å². The van der Waals surface area contributed by atoms with Crippen molar-refractivity contribution in [1.82, 2.24) is 14.7 Å². The van der Waals surface area contributed by atoms with E-state index in [0.29, 0.717) is 31.5 Å². The van der Waals surface area contributed by atoms with Crippen LogP contribution in [0.25, 0.3) is 11.1 Å². The molecule has 2 heterocycles. The van der Waals surface area contributed by atoms with Crippen molar-refractivity contribution >= 4 is 11.8 Å². The Bertz CT molecular complexity index is 837. The van der Waals surface area contributed by atoms with Gasteiger partial charge in [0.25, 0.3) is 0 Å². The third-order valence-corrected chi connectivity index (χ3v) is 4.51. The molecule has 0 radical (unpaired) electrons. The van der Waals surface area contributed by atoms with Crippen LogP contribution in [0.4, 0.5) is 19.3 Å². The first kappa shape index (κ1) is 19.1. The first-order chi connectivity index (χ1) is 12.7. The molecule has 6 nitrogen and oxygen atoms in total. The number of aromatic nitrogens is 2. The highest BCUT2D eigenvalue weighted by Crippen LogP contribution is 2.29. The second-order valence-electron chi connectivity index (χ2n) is 7.74. The van der Waals surface area contributed by atoms with E-state index in [4.69, 9.17) is 10.5 Å². The van der Waals surface area contributed by atoms with Crippen LogP contribution in [-0.2, 0) is 4.74 Å². The SMILES string of the molecule is CC(C)(C)OC(=O)N1CCC(n2cc(-c3ccc(N)c(F)c3F)cn2)CC1. The predicted molar refractivity (Wildman–Crippen MR) is 98.1 cm³/mol. The Hall–Kier alpha value is -2.64. The molecule has 1 aliphatic heterocycles. The molecule has 0 saturated carbocycles. The normalized spacial score (nSPS) is 15.8. The van der Waals surface area contributed by atoms with Crippen LogP contribution in [0.1, 0.15) is 39.7 Å². The lowest BCUT2D eigenvalue weighted by Gasteiger charge is -2.33. The summed E-state index contributed by atoms with van der Waals surface area (Å²) >= 11 is 0. The van der Waals surface area contributed by atoms with E-state index in [1.165, 1.54) is 18.3 Å². The largest absolute Gasteiger partial charge is 0.444 e. The Morgan fingerprint density at radius 1 is 1.22 bits per heavy atom. The molecule has 1 aliphatic rings. The predicted octanol–water partition coefficient (Wildman–Crippen LogP) is 3.98. The van der Waals surface area contributed by atoms with E-state index in [9.17, 15) is 13.6 Å². The first-order valence-electron chi connectivity index (χ1n) is 8.91. The van der Waals surface area contributed by atoms with Gasteiger partial charge in [-0.05, 0) is 45.7 Å². The summed E-state index contributed by atoms with van der Waals surface area (Å²) in [5.74, 6) is -2.03. The van der Waals surface area contributed by atoms with Gasteiger partial charge in [-0.3, -0.25) is 4.68 Å². The average molecular weight is 378 g/mol. The number of nitrogens with two attached hydrogens (primary N) is 1. The van der Waals surface area contributed by atoms with Crippen LogP contribution < -0.4 is 5.73 Å². The summed E-state index contributed by atoms with van der Waals surface area (Å²) in [6.07, 6.45) is 4.30. The minimum Gasteiger partial charge on any atom is -0.444 e. The van der Waals surface area contributed by atoms with Crippen LogP contribution in [0.3, 0.4) is 0 Å². The van der Waals surface area contributed by atoms with E-state index < -0.39 is 17.2 Å². The Kier molecular flexibility index (Phi) is 5.08. The molecule has 0 aliphatic carbocycles. The molecule has 1 aromatic heterocycles. The van der Waals surface area contributed by atoms with Crippen LogP contribution in [0.15, 0.2) is 24.5 Å². The van der Waals surface area contributed by atoms with Gasteiger partial charge in [0.1, 0.15) is 5.60 Å². The second-order valence-corrected chi connectivity index (χ2v) is 7.74. The van der Waals surface area contributed by atoms with E-state index in [1.807, 2.05) is 20.8 Å². The maximum atomic E-state index is 14.1. The molecule has 27 heavy (non-hydrogen) atoms. The van der Waals surface area contributed by atoms with Crippen molar-refractivity contribution in [2.45, 2.75) is 45.3 Å². The van der Waals surface area contributed by atoms with Gasteiger partial charge in [0, 0.05) is 30.4 Å². The fourth-order valence-corrected chi connectivity index (χ4v) is 3.10. The molecular weight excluding hydrogens is 354 g/mol. The molecule has 0 bridgehead atoms. The number of likely N-dealkylation sites (tertiary alicyclic amines) is 1. The summed E-state index contributed by atoms with van der Waals surface area (Å²) < 4.78 is 35.0. The highest BCUT2D eigenvalue weighted by Gasteiger charge is 2.28. The van der Waals surface area contributed by atoms with Crippen LogP contribution in [0, 0.1) is 11.6 Å². The monoisotopic (exact) mass is 378 g/mol. The second kappa shape index (κ2) is 7.17. The maximum Gasteiger partial charge on any atom is 0.410 e. The number of halogens is 2. The van der Waals surface area contributed by atoms with Crippen molar-refractivity contribution in [3.63, 3.8) is 0 Å². The topological polar surface area (TPSA) is 73.4 Å². The number of carbonyl (C=O) groups is 1. The van der Waals surface area contributed by atoms with Crippen molar-refractivity contribution in [2.75, 3.05) is 18.8 Å². The number of anilines is 1. The Morgan fingerprint density at radius 2 is 1.89 bits per heavy atom. The molecule has 146 valence electrons. The summed E-state index contributed by atoms with van der Waals surface area (Å²) in [5.41, 5.74) is 5.25. The number of nitrogen functional groups attached to an aromatic ring is 1. The van der Waals surface area contributed by atoms with Gasteiger partial charge in [-0.1, -0.05) is 0 Å². The van der Waals surface area contributed by atoms with E-state index >= 15 is 0 Å². The Balaban J connectivity index is 1.67. The third-order valence-electron chi connectivity index (χ3n) is 4.51. The maximum absolute atomic E-state index is 14.1. The number of nitrogens with zero attached hydrogens (tertiary/aromatic N) is 3. The van der Waals surface area contributed by atoms with Gasteiger partial charge in [-0.2, -0.15) is 5.10 Å². The van der Waals surface area contributed by atoms with Gasteiger partial charge in [-0.15, -0.1) is 0 Å². The van der Waals surface area contributed by atoms with E-state index in [-0.39, 0.29) is 23.4 Å². The highest BCUT2D eigenvalue weighted by atomic mass is 19.2. The fourth-order valence-electron chi connectivity index (χ4n) is 3.10. The van der Waals surface area contributed by atoms with Crippen LogP contribution in [0.5, 0.6) is 0 Å². The number of hydrogen-bond acceptors (Lipinski definition) is 4. The number of ether oxygens (including phenoxy) is 1. The van der Waals surface area contributed by atoms with E-state index in [0.717, 1.165) is 0 Å². The molecule has 2 N–H and O–H groups in total. The number of piperidine rings is 1. The lowest BCUT2D eigenvalue weighted by Crippen LogP contribution is -2.42. The molecule has 1 fully saturated rings. The number of benzene rings is 1. The van der Waals surface area contributed by atoms with Crippen LogP contribution >= 0.6 is 0 Å². The molecule has 1 amide bonds. The molecule has 2 aromatic rings. The van der Waals surface area contributed by atoms with Crippen molar-refractivity contribution in [1.29, 1.82) is 0 Å². The molecule has 0 unspecified atom stereocenters. The molecule has 0 atom stereocenters. The fraction of sp³-hybridized carbons (Fsp3) is 0.474. The zero-order valence-electron chi connectivity index (χ0n) is 15.7. The Labute approximate surface area is 156 Å². The molecule has 1 aromatic carbocycles. The van der Waals surface area contributed by atoms with Gasteiger partial charge < -0.3 is 15.4 Å². The van der Waals surface area contributed by atoms with E-state index in [1.54, 1.807) is 15.8 Å². The molecule has 0 spiro atoms. The zero-order valence-corrected chi connectivity index (χ0v) is 15.7. The number of carbonyl (C=O) groups excluding carboxylic acids is 1. The van der Waals surface area contributed by atoms with Gasteiger partial charge in [0.2, 0.25) is 0 Å². The number of rotatable bonds is 2. The van der Waals surface area contributed by atoms with Crippen LogP contribution in [0.2, 0.25) is 0 Å². The summed E-state index contributed by atoms with van der Waals surface area (Å²) in [4.78, 5) is 13.8. The molecule has 3 rings (SSSR count). The van der Waals surface area contributed by atoms with Crippen molar-refractivity contribution in [3.8, 4) is 11.1 Å². The summed E-state index contributed by atoms with van der Waals surface area (Å²) in [5, 5.41) is 4.30. The summed E-state index contributed by atoms with van der Waals surface area (Å²) in [6, 6.07) is 2.86. The van der Waals surface area contributed by atoms with E-state index in [2.05, 4.69) is 5.10 Å². The number of hydrogen-bond donors (Lipinski definition) is 1. The molecule has 8 heteroatoms. The van der Waals surface area contributed by atoms with Crippen molar-refractivity contribution in [3.05, 3.63) is 36.2 Å². The molecular formula is C19H24F2N4O2. The minimum atomic E-state index is -1.05. The van der Waals surface area contributed by atoms with Crippen molar-refractivity contribution in [2.24, 2.45) is 0 Å². The average Bonchev–Trinajstić information content (AvgIpc) is 3.08. The smallest absolute Gasteiger partial charge is 0.410 e. The standard InChI is InChI=1S/C19H24F2N4O2/c1-19(2,3)27-18(26)24-8-6-13(7-9-24)25-11-12(10-23-25)14-4-5-15(22)17(21)16(14)20/h4-5,10-11,13H,6-9,22H2,1-3H3. The minimum absolute atomic E-state index is 0.0825. The summed E-state index contributed by atoms with van der Waals surface area (Å²) in [7, 11) is 0.